The van der Waals surface area contributed by atoms with Gasteiger partial charge in [-0.05, 0) is 13.3 Å². The third kappa shape index (κ3) is 5.02. The number of hydrogen-bond acceptors (Lipinski definition) is 6. The minimum atomic E-state index is -0.341. The van der Waals surface area contributed by atoms with Crippen molar-refractivity contribution in [2.45, 2.75) is 39.5 Å². The number of aromatic nitrogens is 1. The van der Waals surface area contributed by atoms with E-state index in [1.54, 1.807) is 17.2 Å². The number of likely N-dealkylation sites (tertiary alicyclic amines) is 1. The molecule has 132 valence electrons. The van der Waals surface area contributed by atoms with Gasteiger partial charge in [0, 0.05) is 24.9 Å². The highest BCUT2D eigenvalue weighted by Gasteiger charge is 2.34. The highest BCUT2D eigenvalue weighted by atomic mass is 32.1. The summed E-state index contributed by atoms with van der Waals surface area (Å²) in [4.78, 5) is 41.6. The number of esters is 1. The van der Waals surface area contributed by atoms with Crippen LogP contribution in [0.1, 0.15) is 38.8 Å². The van der Waals surface area contributed by atoms with Gasteiger partial charge in [-0.2, -0.15) is 0 Å². The van der Waals surface area contributed by atoms with Crippen LogP contribution < -0.4 is 5.32 Å². The second kappa shape index (κ2) is 8.77. The van der Waals surface area contributed by atoms with Crippen LogP contribution in [0.5, 0.6) is 0 Å². The van der Waals surface area contributed by atoms with E-state index in [9.17, 15) is 14.4 Å². The Morgan fingerprint density at radius 2 is 2.25 bits per heavy atom. The number of carbonyl (C=O) groups excluding carboxylic acids is 3. The van der Waals surface area contributed by atoms with E-state index in [1.807, 2.05) is 0 Å². The molecule has 0 saturated carbocycles. The molecule has 0 bridgehead atoms. The van der Waals surface area contributed by atoms with Gasteiger partial charge in [0.05, 0.1) is 24.6 Å². The summed E-state index contributed by atoms with van der Waals surface area (Å²) in [6.45, 7) is 5.32. The SMILES string of the molecule is CCCCN1CC(C(=O)Nc2nc(CC(=O)OCC)cs2)CC1=O. The van der Waals surface area contributed by atoms with Crippen LogP contribution in [-0.4, -0.2) is 47.4 Å². The second-order valence-electron chi connectivity index (χ2n) is 5.71. The van der Waals surface area contributed by atoms with Gasteiger partial charge in [-0.25, -0.2) is 4.98 Å². The van der Waals surface area contributed by atoms with Crippen molar-refractivity contribution in [1.29, 1.82) is 0 Å². The molecule has 1 fully saturated rings. The van der Waals surface area contributed by atoms with E-state index in [0.29, 0.717) is 30.5 Å². The van der Waals surface area contributed by atoms with Gasteiger partial charge in [-0.1, -0.05) is 13.3 Å². The van der Waals surface area contributed by atoms with Crippen molar-refractivity contribution in [1.82, 2.24) is 9.88 Å². The average Bonchev–Trinajstić information content (AvgIpc) is 3.12. The number of thiazole rings is 1. The summed E-state index contributed by atoms with van der Waals surface area (Å²) < 4.78 is 4.87. The van der Waals surface area contributed by atoms with Gasteiger partial charge in [0.1, 0.15) is 0 Å². The standard InChI is InChI=1S/C16H23N3O4S/c1-3-5-6-19-9-11(7-13(19)20)15(22)18-16-17-12(10-24-16)8-14(21)23-4-2/h10-11H,3-9H2,1-2H3,(H,17,18,22). The molecule has 1 aliphatic rings. The van der Waals surface area contributed by atoms with Gasteiger partial charge in [0.2, 0.25) is 11.8 Å². The fraction of sp³-hybridized carbons (Fsp3) is 0.625. The predicted molar refractivity (Wildman–Crippen MR) is 90.7 cm³/mol. The molecule has 24 heavy (non-hydrogen) atoms. The maximum Gasteiger partial charge on any atom is 0.311 e. The van der Waals surface area contributed by atoms with Crippen molar-refractivity contribution in [2.24, 2.45) is 5.92 Å². The van der Waals surface area contributed by atoms with Crippen LogP contribution >= 0.6 is 11.3 Å². The summed E-state index contributed by atoms with van der Waals surface area (Å²) >= 11 is 1.26. The number of unbranched alkanes of at least 4 members (excludes halogenated alkanes) is 1. The molecule has 1 aromatic rings. The van der Waals surface area contributed by atoms with Crippen LogP contribution in [0, 0.1) is 5.92 Å². The molecule has 7 nitrogen and oxygen atoms in total. The van der Waals surface area contributed by atoms with Gasteiger partial charge >= 0.3 is 5.97 Å². The molecular formula is C16H23N3O4S. The maximum absolute atomic E-state index is 12.3. The van der Waals surface area contributed by atoms with Gasteiger partial charge in [-0.3, -0.25) is 14.4 Å². The molecule has 1 N–H and O–H groups in total. The summed E-state index contributed by atoms with van der Waals surface area (Å²) in [5.41, 5.74) is 0.570. The minimum absolute atomic E-state index is 0.0331. The number of carbonyl (C=O) groups is 3. The van der Waals surface area contributed by atoms with Crippen LogP contribution in [0.4, 0.5) is 5.13 Å². The quantitative estimate of drug-likeness (QED) is 0.720. The first-order chi connectivity index (χ1) is 11.5. The lowest BCUT2D eigenvalue weighted by molar-refractivity contribution is -0.142. The van der Waals surface area contributed by atoms with Crippen LogP contribution in [0.25, 0.3) is 0 Å². The van der Waals surface area contributed by atoms with Crippen molar-refractivity contribution >= 4 is 34.3 Å². The number of amides is 2. The molecule has 1 atom stereocenters. The van der Waals surface area contributed by atoms with E-state index >= 15 is 0 Å². The van der Waals surface area contributed by atoms with Crippen molar-refractivity contribution in [3.8, 4) is 0 Å². The predicted octanol–water partition coefficient (Wildman–Crippen LogP) is 1.84. The number of nitrogens with one attached hydrogen (secondary N) is 1. The van der Waals surface area contributed by atoms with Crippen molar-refractivity contribution in [2.75, 3.05) is 25.0 Å². The largest absolute Gasteiger partial charge is 0.466 e. The first-order valence-electron chi connectivity index (χ1n) is 8.22. The average molecular weight is 353 g/mol. The van der Waals surface area contributed by atoms with Crippen molar-refractivity contribution < 1.29 is 19.1 Å². The summed E-state index contributed by atoms with van der Waals surface area (Å²) in [5.74, 6) is -0.842. The molecule has 0 aliphatic carbocycles. The first kappa shape index (κ1) is 18.4. The summed E-state index contributed by atoms with van der Waals surface area (Å²) in [7, 11) is 0. The third-order valence-electron chi connectivity index (χ3n) is 3.78. The van der Waals surface area contributed by atoms with Crippen LogP contribution in [0.15, 0.2) is 5.38 Å². The number of rotatable bonds is 8. The van der Waals surface area contributed by atoms with Crippen LogP contribution in [-0.2, 0) is 25.5 Å². The molecule has 1 unspecified atom stereocenters. The second-order valence-corrected chi connectivity index (χ2v) is 6.57. The Balaban J connectivity index is 1.85. The lowest BCUT2D eigenvalue weighted by Crippen LogP contribution is -2.29. The van der Waals surface area contributed by atoms with Gasteiger partial charge < -0.3 is 15.0 Å². The zero-order chi connectivity index (χ0) is 17.5. The summed E-state index contributed by atoms with van der Waals surface area (Å²) in [5, 5.41) is 4.91. The Kier molecular flexibility index (Phi) is 6.72. The number of nitrogens with zero attached hydrogens (tertiary/aromatic N) is 2. The lowest BCUT2D eigenvalue weighted by Gasteiger charge is -2.15. The normalized spacial score (nSPS) is 17.2. The van der Waals surface area contributed by atoms with Gasteiger partial charge in [-0.15, -0.1) is 11.3 Å². The Hall–Kier alpha value is -1.96. The highest BCUT2D eigenvalue weighted by molar-refractivity contribution is 7.13. The number of ether oxygens (including phenoxy) is 1. The fourth-order valence-electron chi connectivity index (χ4n) is 2.53. The van der Waals surface area contributed by atoms with E-state index in [0.717, 1.165) is 12.8 Å². The van der Waals surface area contributed by atoms with Gasteiger partial charge in [0.15, 0.2) is 5.13 Å². The molecule has 8 heteroatoms. The maximum atomic E-state index is 12.3. The summed E-state index contributed by atoms with van der Waals surface area (Å²) in [6.07, 6.45) is 2.30. The molecule has 2 rings (SSSR count). The van der Waals surface area contributed by atoms with Crippen molar-refractivity contribution in [3.63, 3.8) is 0 Å². The zero-order valence-electron chi connectivity index (χ0n) is 14.0. The Morgan fingerprint density at radius 3 is 2.96 bits per heavy atom. The molecule has 2 amide bonds. The lowest BCUT2D eigenvalue weighted by atomic mass is 10.1. The topological polar surface area (TPSA) is 88.6 Å². The van der Waals surface area contributed by atoms with Crippen LogP contribution in [0.2, 0.25) is 0 Å². The zero-order valence-corrected chi connectivity index (χ0v) is 14.9. The van der Waals surface area contributed by atoms with E-state index in [1.165, 1.54) is 11.3 Å². The minimum Gasteiger partial charge on any atom is -0.466 e. The first-order valence-corrected chi connectivity index (χ1v) is 9.10. The number of hydrogen-bond donors (Lipinski definition) is 1. The Bertz CT molecular complexity index is 602. The Labute approximate surface area is 145 Å². The molecule has 0 radical (unpaired) electrons. The third-order valence-corrected chi connectivity index (χ3v) is 4.59. The van der Waals surface area contributed by atoms with Gasteiger partial charge in [0.25, 0.3) is 0 Å². The molecule has 1 aromatic heterocycles. The molecule has 0 spiro atoms. The monoisotopic (exact) mass is 353 g/mol. The van der Waals surface area contributed by atoms with Crippen LogP contribution in [0.3, 0.4) is 0 Å². The molecule has 1 aliphatic heterocycles. The number of anilines is 1. The Morgan fingerprint density at radius 1 is 1.46 bits per heavy atom. The fourth-order valence-corrected chi connectivity index (χ4v) is 3.24. The van der Waals surface area contributed by atoms with E-state index < -0.39 is 0 Å². The molecule has 0 aromatic carbocycles. The molecule has 2 heterocycles. The van der Waals surface area contributed by atoms with E-state index in [-0.39, 0.29) is 36.5 Å². The van der Waals surface area contributed by atoms with E-state index in [4.69, 9.17) is 4.74 Å². The summed E-state index contributed by atoms with van der Waals surface area (Å²) in [6, 6.07) is 0. The van der Waals surface area contributed by atoms with Crippen molar-refractivity contribution in [3.05, 3.63) is 11.1 Å². The van der Waals surface area contributed by atoms with E-state index in [2.05, 4.69) is 17.2 Å². The highest BCUT2D eigenvalue weighted by Crippen LogP contribution is 2.22. The molecule has 1 saturated heterocycles. The molecular weight excluding hydrogens is 330 g/mol. The smallest absolute Gasteiger partial charge is 0.311 e.